The first-order valence-corrected chi connectivity index (χ1v) is 13.0. The maximum atomic E-state index is 3.53. The molecule has 0 amide bonds. The highest BCUT2D eigenvalue weighted by molar-refractivity contribution is 6.08. The lowest BCUT2D eigenvalue weighted by molar-refractivity contribution is 0.875. The lowest BCUT2D eigenvalue weighted by atomic mass is 10.00. The molecule has 38 heavy (non-hydrogen) atoms. The second-order valence-corrected chi connectivity index (χ2v) is 9.64. The van der Waals surface area contributed by atoms with E-state index in [9.17, 15) is 0 Å². The van der Waals surface area contributed by atoms with Gasteiger partial charge in [-0.2, -0.15) is 0 Å². The summed E-state index contributed by atoms with van der Waals surface area (Å²) < 4.78 is 2.41. The summed E-state index contributed by atoms with van der Waals surface area (Å²) in [5.74, 6) is 0. The summed E-state index contributed by atoms with van der Waals surface area (Å²) in [6, 6.07) is 45.1. The van der Waals surface area contributed by atoms with Crippen LogP contribution in [0, 0.1) is 0 Å². The van der Waals surface area contributed by atoms with Crippen molar-refractivity contribution in [1.29, 1.82) is 0 Å². The van der Waals surface area contributed by atoms with Crippen LogP contribution in [0.4, 0.5) is 11.4 Å². The monoisotopic (exact) mass is 486 g/mol. The summed E-state index contributed by atoms with van der Waals surface area (Å²) in [4.78, 5) is 0. The normalized spacial score (nSPS) is 12.6. The van der Waals surface area contributed by atoms with Crippen LogP contribution in [0.3, 0.4) is 0 Å². The highest BCUT2D eigenvalue weighted by Gasteiger charge is 2.15. The highest BCUT2D eigenvalue weighted by atomic mass is 15.0. The van der Waals surface area contributed by atoms with E-state index in [0.29, 0.717) is 0 Å². The van der Waals surface area contributed by atoms with Gasteiger partial charge < -0.3 is 9.88 Å². The third-order valence-electron chi connectivity index (χ3n) is 7.31. The molecule has 1 aliphatic rings. The molecule has 1 heterocycles. The molecule has 180 valence electrons. The summed E-state index contributed by atoms with van der Waals surface area (Å²) in [5, 5.41) is 6.12. The van der Waals surface area contributed by atoms with Crippen molar-refractivity contribution in [3.63, 3.8) is 0 Å². The zero-order chi connectivity index (χ0) is 25.3. The van der Waals surface area contributed by atoms with Gasteiger partial charge in [0.1, 0.15) is 0 Å². The molecule has 1 aliphatic carbocycles. The molecule has 2 nitrogen and oxygen atoms in total. The SMILES string of the molecule is C1=CC=C(c2ccc(Nc3ccc(-c4ccccc4)cc3)cc2)C=1Cn1c2ccccc2c2ccccc21. The van der Waals surface area contributed by atoms with Gasteiger partial charge in [0.05, 0.1) is 6.54 Å². The molecule has 0 saturated carbocycles. The lowest BCUT2D eigenvalue weighted by Gasteiger charge is -2.13. The first-order valence-electron chi connectivity index (χ1n) is 13.0. The summed E-state index contributed by atoms with van der Waals surface area (Å²) in [5.41, 5.74) is 14.2. The average molecular weight is 487 g/mol. The topological polar surface area (TPSA) is 17.0 Å². The van der Waals surface area contributed by atoms with E-state index in [1.807, 2.05) is 12.1 Å². The van der Waals surface area contributed by atoms with Gasteiger partial charge in [-0.25, -0.2) is 0 Å². The summed E-state index contributed by atoms with van der Waals surface area (Å²) >= 11 is 0. The number of hydrogen-bond donors (Lipinski definition) is 1. The number of benzene rings is 5. The Bertz CT molecular complexity index is 1810. The molecule has 1 N–H and O–H groups in total. The number of aromatic nitrogens is 1. The minimum Gasteiger partial charge on any atom is -0.356 e. The van der Waals surface area contributed by atoms with Crippen LogP contribution in [0.25, 0.3) is 38.5 Å². The molecule has 2 heteroatoms. The molecule has 1 aromatic heterocycles. The fourth-order valence-corrected chi connectivity index (χ4v) is 5.41. The second-order valence-electron chi connectivity index (χ2n) is 9.64. The molecule has 0 radical (unpaired) electrons. The zero-order valence-corrected chi connectivity index (χ0v) is 20.9. The van der Waals surface area contributed by atoms with E-state index in [4.69, 9.17) is 0 Å². The maximum Gasteiger partial charge on any atom is 0.0560 e. The summed E-state index contributed by atoms with van der Waals surface area (Å²) in [7, 11) is 0. The van der Waals surface area contributed by atoms with Crippen LogP contribution in [-0.2, 0) is 6.54 Å². The Labute approximate surface area is 222 Å². The molecule has 0 atom stereocenters. The molecule has 6 aromatic rings. The van der Waals surface area contributed by atoms with Crippen molar-refractivity contribution in [1.82, 2.24) is 4.57 Å². The Hall–Kier alpha value is -5.04. The molecular formula is C36H26N2. The molecule has 0 aliphatic heterocycles. The number of fused-ring (bicyclic) bond motifs is 3. The Morgan fingerprint density at radius 2 is 1.05 bits per heavy atom. The summed E-state index contributed by atoms with van der Waals surface area (Å²) in [6.45, 7) is 0.782. The Morgan fingerprint density at radius 3 is 1.68 bits per heavy atom. The molecule has 0 fully saturated rings. The highest BCUT2D eigenvalue weighted by Crippen LogP contribution is 2.34. The Balaban J connectivity index is 1.11. The fourth-order valence-electron chi connectivity index (χ4n) is 5.41. The van der Waals surface area contributed by atoms with Crippen LogP contribution < -0.4 is 5.32 Å². The number of hydrogen-bond acceptors (Lipinski definition) is 1. The van der Waals surface area contributed by atoms with Crippen LogP contribution in [-0.4, -0.2) is 4.57 Å². The largest absolute Gasteiger partial charge is 0.356 e. The second kappa shape index (κ2) is 9.44. The van der Waals surface area contributed by atoms with E-state index in [1.54, 1.807) is 0 Å². The Morgan fingerprint density at radius 1 is 0.526 bits per heavy atom. The van der Waals surface area contributed by atoms with Gasteiger partial charge in [0.15, 0.2) is 0 Å². The van der Waals surface area contributed by atoms with Crippen molar-refractivity contribution in [3.8, 4) is 11.1 Å². The van der Waals surface area contributed by atoms with Gasteiger partial charge in [-0.1, -0.05) is 91.0 Å². The van der Waals surface area contributed by atoms with Crippen molar-refractivity contribution >= 4 is 38.8 Å². The number of rotatable bonds is 6. The van der Waals surface area contributed by atoms with Crippen LogP contribution in [0.15, 0.2) is 151 Å². The Kier molecular flexibility index (Phi) is 5.51. The smallest absolute Gasteiger partial charge is 0.0560 e. The number of anilines is 2. The molecule has 0 saturated heterocycles. The predicted molar refractivity (Wildman–Crippen MR) is 161 cm³/mol. The number of nitrogens with zero attached hydrogens (tertiary/aromatic N) is 1. The van der Waals surface area contributed by atoms with Gasteiger partial charge in [-0.3, -0.25) is 0 Å². The third kappa shape index (κ3) is 4.04. The number of para-hydroxylation sites is 2. The van der Waals surface area contributed by atoms with Gasteiger partial charge in [-0.15, -0.1) is 5.73 Å². The molecule has 7 rings (SSSR count). The standard InChI is InChI=1S/C36H26N2/c1-2-9-26(10-3-1)27-17-21-30(22-18-27)37-31-23-19-28(20-24-31)32-14-8-11-29(32)25-38-35-15-6-4-12-33(35)34-13-5-7-16-36(34)38/h1-10,12-24,37H,25H2. The van der Waals surface area contributed by atoms with Crippen LogP contribution >= 0.6 is 0 Å². The van der Waals surface area contributed by atoms with Crippen molar-refractivity contribution in [2.75, 3.05) is 5.32 Å². The van der Waals surface area contributed by atoms with Gasteiger partial charge in [0.2, 0.25) is 0 Å². The molecule has 0 unspecified atom stereocenters. The van der Waals surface area contributed by atoms with Gasteiger partial charge in [0, 0.05) is 38.8 Å². The van der Waals surface area contributed by atoms with Crippen LogP contribution in [0.1, 0.15) is 5.56 Å². The van der Waals surface area contributed by atoms with E-state index >= 15 is 0 Å². The third-order valence-corrected chi connectivity index (χ3v) is 7.31. The average Bonchev–Trinajstić information content (AvgIpc) is 3.58. The number of nitrogens with one attached hydrogen (secondary N) is 1. The minimum atomic E-state index is 0.782. The predicted octanol–water partition coefficient (Wildman–Crippen LogP) is 9.38. The summed E-state index contributed by atoms with van der Waals surface area (Å²) in [6.07, 6.45) is 4.22. The maximum absolute atomic E-state index is 3.53. The van der Waals surface area contributed by atoms with Gasteiger partial charge in [0.25, 0.3) is 0 Å². The first kappa shape index (κ1) is 22.2. The zero-order valence-electron chi connectivity index (χ0n) is 20.9. The van der Waals surface area contributed by atoms with E-state index in [2.05, 4.69) is 143 Å². The van der Waals surface area contributed by atoms with E-state index < -0.39 is 0 Å². The van der Waals surface area contributed by atoms with E-state index in [1.165, 1.54) is 49.6 Å². The van der Waals surface area contributed by atoms with Crippen molar-refractivity contribution in [3.05, 3.63) is 156 Å². The van der Waals surface area contributed by atoms with Crippen molar-refractivity contribution in [2.45, 2.75) is 6.54 Å². The number of allylic oxidation sites excluding steroid dienone is 3. The molecule has 0 bridgehead atoms. The fraction of sp³-hybridized carbons (Fsp3) is 0.0278. The van der Waals surface area contributed by atoms with E-state index in [0.717, 1.165) is 17.9 Å². The molecular weight excluding hydrogens is 460 g/mol. The van der Waals surface area contributed by atoms with Crippen LogP contribution in [0.5, 0.6) is 0 Å². The van der Waals surface area contributed by atoms with E-state index in [-0.39, 0.29) is 0 Å². The van der Waals surface area contributed by atoms with Crippen molar-refractivity contribution < 1.29 is 0 Å². The van der Waals surface area contributed by atoms with Crippen LogP contribution in [0.2, 0.25) is 0 Å². The lowest BCUT2D eigenvalue weighted by Crippen LogP contribution is -2.01. The minimum absolute atomic E-state index is 0.782. The van der Waals surface area contributed by atoms with Crippen molar-refractivity contribution in [2.24, 2.45) is 0 Å². The van der Waals surface area contributed by atoms with Gasteiger partial charge >= 0.3 is 0 Å². The quantitative estimate of drug-likeness (QED) is 0.232. The van der Waals surface area contributed by atoms with Gasteiger partial charge in [-0.05, 0) is 70.8 Å². The molecule has 5 aromatic carbocycles. The molecule has 0 spiro atoms. The first-order chi connectivity index (χ1) is 18.8.